The second-order valence-corrected chi connectivity index (χ2v) is 6.74. The topological polar surface area (TPSA) is 80.0 Å². The summed E-state index contributed by atoms with van der Waals surface area (Å²) in [5.41, 5.74) is 0. The second kappa shape index (κ2) is 8.22. The van der Waals surface area contributed by atoms with Crippen molar-refractivity contribution < 1.29 is 23.8 Å². The van der Waals surface area contributed by atoms with Crippen molar-refractivity contribution in [1.29, 1.82) is 0 Å². The predicted octanol–water partition coefficient (Wildman–Crippen LogP) is 2.89. The number of carbonyl (C=O) groups excluding carboxylic acids is 1. The molecule has 2 aromatic rings. The minimum Gasteiger partial charge on any atom is -0.481 e. The van der Waals surface area contributed by atoms with E-state index in [1.165, 1.54) is 4.90 Å². The first-order valence-corrected chi connectivity index (χ1v) is 8.99. The Morgan fingerprint density at radius 1 is 1.20 bits per heavy atom. The van der Waals surface area contributed by atoms with Gasteiger partial charge in [-0.1, -0.05) is 18.2 Å². The van der Waals surface area contributed by atoms with Gasteiger partial charge in [0, 0.05) is 11.4 Å². The summed E-state index contributed by atoms with van der Waals surface area (Å²) in [4.78, 5) is 26.3. The molecule has 7 heteroatoms. The van der Waals surface area contributed by atoms with Crippen LogP contribution in [-0.4, -0.2) is 47.7 Å². The van der Waals surface area contributed by atoms with Crippen molar-refractivity contribution in [1.82, 2.24) is 4.90 Å². The van der Waals surface area contributed by atoms with Gasteiger partial charge in [-0.05, 0) is 24.3 Å². The lowest BCUT2D eigenvalue weighted by atomic mass is 10.1. The maximum absolute atomic E-state index is 12.7. The van der Waals surface area contributed by atoms with Crippen LogP contribution in [0.15, 0.2) is 51.8 Å². The Morgan fingerprint density at radius 2 is 2.00 bits per heavy atom. The van der Waals surface area contributed by atoms with Crippen LogP contribution >= 0.6 is 11.8 Å². The molecule has 1 N–H and O–H groups in total. The van der Waals surface area contributed by atoms with Crippen LogP contribution in [0.25, 0.3) is 0 Å². The standard InChI is InChI=1S/C18H19NO5S/c20-17(21)10-13-11-23-9-8-19(13)18(22)16-7-6-14(24-16)12-25-15-4-2-1-3-5-15/h1-7,13H,8-12H2,(H,20,21)/t13-/m1/s1. The Bertz CT molecular complexity index is 730. The van der Waals surface area contributed by atoms with Gasteiger partial charge in [0.2, 0.25) is 0 Å². The molecule has 0 aliphatic carbocycles. The van der Waals surface area contributed by atoms with E-state index in [2.05, 4.69) is 0 Å². The fourth-order valence-corrected chi connectivity index (χ4v) is 3.49. The van der Waals surface area contributed by atoms with Crippen molar-refractivity contribution in [2.24, 2.45) is 0 Å². The minimum atomic E-state index is -0.951. The number of morpholine rings is 1. The summed E-state index contributed by atoms with van der Waals surface area (Å²) in [5.74, 6) is 0.332. The Kier molecular flexibility index (Phi) is 5.78. The number of nitrogens with zero attached hydrogens (tertiary/aromatic N) is 1. The molecule has 6 nitrogen and oxygen atoms in total. The fourth-order valence-electron chi connectivity index (χ4n) is 2.68. The van der Waals surface area contributed by atoms with Crippen LogP contribution in [0, 0.1) is 0 Å². The number of rotatable bonds is 6. The number of hydrogen-bond donors (Lipinski definition) is 1. The van der Waals surface area contributed by atoms with E-state index >= 15 is 0 Å². The Morgan fingerprint density at radius 3 is 2.76 bits per heavy atom. The van der Waals surface area contributed by atoms with Gasteiger partial charge < -0.3 is 19.2 Å². The monoisotopic (exact) mass is 361 g/mol. The number of hydrogen-bond acceptors (Lipinski definition) is 5. The average Bonchev–Trinajstić information content (AvgIpc) is 3.09. The van der Waals surface area contributed by atoms with E-state index in [9.17, 15) is 9.59 Å². The smallest absolute Gasteiger partial charge is 0.305 e. The number of carbonyl (C=O) groups is 2. The van der Waals surface area contributed by atoms with Gasteiger partial charge in [-0.2, -0.15) is 0 Å². The maximum Gasteiger partial charge on any atom is 0.305 e. The van der Waals surface area contributed by atoms with E-state index in [4.69, 9.17) is 14.3 Å². The van der Waals surface area contributed by atoms with Gasteiger partial charge in [-0.15, -0.1) is 11.8 Å². The molecule has 1 saturated heterocycles. The molecule has 1 amide bonds. The molecule has 1 aromatic heterocycles. The minimum absolute atomic E-state index is 0.136. The lowest BCUT2D eigenvalue weighted by Gasteiger charge is -2.34. The molecule has 0 radical (unpaired) electrons. The second-order valence-electron chi connectivity index (χ2n) is 5.69. The fraction of sp³-hybridized carbons (Fsp3) is 0.333. The predicted molar refractivity (Wildman–Crippen MR) is 92.6 cm³/mol. The van der Waals surface area contributed by atoms with Gasteiger partial charge in [0.15, 0.2) is 5.76 Å². The molecule has 0 unspecified atom stereocenters. The largest absolute Gasteiger partial charge is 0.481 e. The van der Waals surface area contributed by atoms with Crippen molar-refractivity contribution in [3.8, 4) is 0 Å². The zero-order chi connectivity index (χ0) is 17.6. The normalized spacial score (nSPS) is 17.4. The highest BCUT2D eigenvalue weighted by Crippen LogP contribution is 2.24. The quantitative estimate of drug-likeness (QED) is 0.797. The van der Waals surface area contributed by atoms with Crippen LogP contribution < -0.4 is 0 Å². The molecule has 25 heavy (non-hydrogen) atoms. The summed E-state index contributed by atoms with van der Waals surface area (Å²) < 4.78 is 11.0. The van der Waals surface area contributed by atoms with Crippen molar-refractivity contribution in [2.45, 2.75) is 23.1 Å². The van der Waals surface area contributed by atoms with Crippen LogP contribution in [0.2, 0.25) is 0 Å². The van der Waals surface area contributed by atoms with Gasteiger partial charge in [0.25, 0.3) is 5.91 Å². The first-order valence-electron chi connectivity index (χ1n) is 8.00. The Hall–Kier alpha value is -2.25. The van der Waals surface area contributed by atoms with E-state index in [1.54, 1.807) is 23.9 Å². The van der Waals surface area contributed by atoms with Gasteiger partial charge in [0.1, 0.15) is 5.76 Å². The van der Waals surface area contributed by atoms with Crippen LogP contribution in [0.1, 0.15) is 22.7 Å². The van der Waals surface area contributed by atoms with Crippen LogP contribution in [0.3, 0.4) is 0 Å². The number of aliphatic carboxylic acids is 1. The molecule has 1 atom stereocenters. The van der Waals surface area contributed by atoms with Gasteiger partial charge in [-0.25, -0.2) is 0 Å². The number of furan rings is 1. The van der Waals surface area contributed by atoms with Crippen molar-refractivity contribution in [2.75, 3.05) is 19.8 Å². The third-order valence-corrected chi connectivity index (χ3v) is 4.93. The van der Waals surface area contributed by atoms with E-state index in [0.717, 1.165) is 4.90 Å². The number of amides is 1. The number of benzene rings is 1. The summed E-state index contributed by atoms with van der Waals surface area (Å²) in [6, 6.07) is 12.9. The van der Waals surface area contributed by atoms with Crippen molar-refractivity contribution >= 4 is 23.6 Å². The summed E-state index contributed by atoms with van der Waals surface area (Å²) in [7, 11) is 0. The van der Waals surface area contributed by atoms with Crippen LogP contribution in [-0.2, 0) is 15.3 Å². The summed E-state index contributed by atoms with van der Waals surface area (Å²) in [6.45, 7) is 1.00. The molecule has 0 bridgehead atoms. The Balaban J connectivity index is 1.64. The van der Waals surface area contributed by atoms with Gasteiger partial charge in [0.05, 0.1) is 31.4 Å². The zero-order valence-corrected chi connectivity index (χ0v) is 14.4. The average molecular weight is 361 g/mol. The zero-order valence-electron chi connectivity index (χ0n) is 13.6. The SMILES string of the molecule is O=C(O)C[C@@H]1COCCN1C(=O)c1ccc(CSc2ccccc2)o1. The van der Waals surface area contributed by atoms with Gasteiger partial charge in [-0.3, -0.25) is 9.59 Å². The van der Waals surface area contributed by atoms with Gasteiger partial charge >= 0.3 is 5.97 Å². The summed E-state index contributed by atoms with van der Waals surface area (Å²) in [5, 5.41) is 9.00. The third-order valence-electron chi connectivity index (χ3n) is 3.90. The van der Waals surface area contributed by atoms with Crippen LogP contribution in [0.4, 0.5) is 0 Å². The van der Waals surface area contributed by atoms with E-state index in [0.29, 0.717) is 24.7 Å². The molecule has 2 heterocycles. The molecule has 1 fully saturated rings. The molecule has 132 valence electrons. The number of carboxylic acid groups (broad SMARTS) is 1. The first-order chi connectivity index (χ1) is 12.1. The number of ether oxygens (including phenoxy) is 1. The van der Waals surface area contributed by atoms with E-state index in [-0.39, 0.29) is 24.7 Å². The maximum atomic E-state index is 12.7. The lowest BCUT2D eigenvalue weighted by molar-refractivity contribution is -0.139. The van der Waals surface area contributed by atoms with Crippen LogP contribution in [0.5, 0.6) is 0 Å². The lowest BCUT2D eigenvalue weighted by Crippen LogP contribution is -2.49. The molecule has 0 saturated carbocycles. The van der Waals surface area contributed by atoms with Crippen molar-refractivity contribution in [3.05, 3.63) is 54.0 Å². The third kappa shape index (κ3) is 4.64. The molecule has 3 rings (SSSR count). The highest BCUT2D eigenvalue weighted by atomic mass is 32.2. The van der Waals surface area contributed by atoms with E-state index in [1.807, 2.05) is 30.3 Å². The Labute approximate surface area is 149 Å². The number of thioether (sulfide) groups is 1. The summed E-state index contributed by atoms with van der Waals surface area (Å²) >= 11 is 1.63. The molecule has 1 aliphatic heterocycles. The number of carboxylic acids is 1. The van der Waals surface area contributed by atoms with Crippen molar-refractivity contribution in [3.63, 3.8) is 0 Å². The molecular formula is C18H19NO5S. The van der Waals surface area contributed by atoms with E-state index < -0.39 is 12.0 Å². The molecule has 1 aromatic carbocycles. The highest BCUT2D eigenvalue weighted by Gasteiger charge is 2.31. The molecule has 0 spiro atoms. The summed E-state index contributed by atoms with van der Waals surface area (Å²) in [6.07, 6.45) is -0.136. The molecular weight excluding hydrogens is 342 g/mol. The first kappa shape index (κ1) is 17.6. The highest BCUT2D eigenvalue weighted by molar-refractivity contribution is 7.98. The molecule has 1 aliphatic rings.